The Labute approximate surface area is 165 Å². The molecule has 1 aliphatic rings. The van der Waals surface area contributed by atoms with Gasteiger partial charge in [-0.05, 0) is 61.1 Å². The first kappa shape index (κ1) is 20.3. The van der Waals surface area contributed by atoms with Crippen LogP contribution in [0.15, 0.2) is 48.5 Å². The van der Waals surface area contributed by atoms with Gasteiger partial charge in [0.1, 0.15) is 11.9 Å². The molecule has 1 aliphatic carbocycles. The van der Waals surface area contributed by atoms with Crippen LogP contribution in [0.2, 0.25) is 0 Å². The van der Waals surface area contributed by atoms with Gasteiger partial charge in [0.05, 0.1) is 18.0 Å². The van der Waals surface area contributed by atoms with E-state index in [1.165, 1.54) is 29.8 Å². The highest BCUT2D eigenvalue weighted by atomic mass is 32.2. The maximum atomic E-state index is 13.3. The summed E-state index contributed by atoms with van der Waals surface area (Å²) in [5.41, 5.74) is 2.57. The van der Waals surface area contributed by atoms with Crippen molar-refractivity contribution in [3.63, 3.8) is 0 Å². The molecule has 0 heterocycles. The van der Waals surface area contributed by atoms with E-state index in [9.17, 15) is 17.6 Å². The molecule has 150 valence electrons. The fourth-order valence-corrected chi connectivity index (χ4v) is 5.03. The topological polar surface area (TPSA) is 66.5 Å². The van der Waals surface area contributed by atoms with Crippen LogP contribution in [0.5, 0.6) is 0 Å². The van der Waals surface area contributed by atoms with Crippen molar-refractivity contribution in [2.45, 2.75) is 44.7 Å². The van der Waals surface area contributed by atoms with Crippen molar-refractivity contribution in [2.24, 2.45) is 0 Å². The normalized spacial score (nSPS) is 17.5. The number of halogens is 1. The van der Waals surface area contributed by atoms with Gasteiger partial charge in [-0.1, -0.05) is 31.2 Å². The Kier molecular flexibility index (Phi) is 6.03. The van der Waals surface area contributed by atoms with Crippen LogP contribution >= 0.6 is 0 Å². The lowest BCUT2D eigenvalue weighted by Crippen LogP contribution is -2.50. The number of hydrogen-bond donors (Lipinski definition) is 1. The zero-order valence-electron chi connectivity index (χ0n) is 16.1. The SMILES string of the molecule is CC[C@@H](C(=O)N[C@H]1CCCc2ccccc21)N(c1ccc(F)cc1)S(C)(=O)=O. The summed E-state index contributed by atoms with van der Waals surface area (Å²) in [4.78, 5) is 13.1. The number of nitrogens with one attached hydrogen (secondary N) is 1. The fourth-order valence-electron chi connectivity index (χ4n) is 3.82. The third-order valence-electron chi connectivity index (χ3n) is 5.10. The first-order valence-electron chi connectivity index (χ1n) is 9.44. The summed E-state index contributed by atoms with van der Waals surface area (Å²) in [6.45, 7) is 1.76. The van der Waals surface area contributed by atoms with Gasteiger partial charge >= 0.3 is 0 Å². The van der Waals surface area contributed by atoms with Crippen LogP contribution in [-0.4, -0.2) is 26.6 Å². The maximum Gasteiger partial charge on any atom is 0.244 e. The molecule has 2 aromatic rings. The largest absolute Gasteiger partial charge is 0.347 e. The molecule has 0 aromatic heterocycles. The number of fused-ring (bicyclic) bond motifs is 1. The molecule has 7 heteroatoms. The summed E-state index contributed by atoms with van der Waals surface area (Å²) in [5, 5.41) is 3.04. The van der Waals surface area contributed by atoms with E-state index in [0.717, 1.165) is 35.4 Å². The molecule has 3 rings (SSSR count). The Bertz CT molecular complexity index is 944. The van der Waals surface area contributed by atoms with Gasteiger partial charge in [0.15, 0.2) is 0 Å². The maximum absolute atomic E-state index is 13.3. The van der Waals surface area contributed by atoms with E-state index < -0.39 is 21.9 Å². The van der Waals surface area contributed by atoms with E-state index >= 15 is 0 Å². The van der Waals surface area contributed by atoms with Gasteiger partial charge in [-0.2, -0.15) is 0 Å². The number of sulfonamides is 1. The number of anilines is 1. The van der Waals surface area contributed by atoms with Crippen molar-refractivity contribution in [3.05, 3.63) is 65.5 Å². The van der Waals surface area contributed by atoms with E-state index in [1.54, 1.807) is 6.92 Å². The average Bonchev–Trinajstić information content (AvgIpc) is 2.66. The van der Waals surface area contributed by atoms with Crippen LogP contribution < -0.4 is 9.62 Å². The summed E-state index contributed by atoms with van der Waals surface area (Å²) in [7, 11) is -3.74. The van der Waals surface area contributed by atoms with Gasteiger partial charge < -0.3 is 5.32 Å². The third-order valence-corrected chi connectivity index (χ3v) is 6.28. The van der Waals surface area contributed by atoms with Gasteiger partial charge in [0, 0.05) is 0 Å². The Hall–Kier alpha value is -2.41. The van der Waals surface area contributed by atoms with Gasteiger partial charge in [0.2, 0.25) is 15.9 Å². The van der Waals surface area contributed by atoms with E-state index in [0.29, 0.717) is 6.42 Å². The van der Waals surface area contributed by atoms with E-state index in [4.69, 9.17) is 0 Å². The van der Waals surface area contributed by atoms with Crippen LogP contribution in [0, 0.1) is 5.82 Å². The Morgan fingerprint density at radius 3 is 2.54 bits per heavy atom. The smallest absolute Gasteiger partial charge is 0.244 e. The highest BCUT2D eigenvalue weighted by Crippen LogP contribution is 2.30. The van der Waals surface area contributed by atoms with Crippen molar-refractivity contribution in [1.29, 1.82) is 0 Å². The van der Waals surface area contributed by atoms with E-state index in [-0.39, 0.29) is 17.6 Å². The molecule has 0 unspecified atom stereocenters. The van der Waals surface area contributed by atoms with Crippen molar-refractivity contribution in [1.82, 2.24) is 5.32 Å². The molecule has 2 aromatic carbocycles. The number of carbonyl (C=O) groups is 1. The Morgan fingerprint density at radius 2 is 1.89 bits per heavy atom. The Morgan fingerprint density at radius 1 is 1.21 bits per heavy atom. The number of nitrogens with zero attached hydrogens (tertiary/aromatic N) is 1. The molecule has 28 heavy (non-hydrogen) atoms. The van der Waals surface area contributed by atoms with Crippen molar-refractivity contribution in [2.75, 3.05) is 10.6 Å². The average molecular weight is 405 g/mol. The molecule has 1 N–H and O–H groups in total. The molecular formula is C21H25FN2O3S. The lowest BCUT2D eigenvalue weighted by Gasteiger charge is -2.33. The van der Waals surface area contributed by atoms with Gasteiger partial charge in [-0.25, -0.2) is 12.8 Å². The molecule has 0 spiro atoms. The van der Waals surface area contributed by atoms with Crippen molar-refractivity contribution in [3.8, 4) is 0 Å². The molecule has 0 saturated carbocycles. The summed E-state index contributed by atoms with van der Waals surface area (Å²) >= 11 is 0. The van der Waals surface area contributed by atoms with Crippen LogP contribution in [0.3, 0.4) is 0 Å². The molecule has 0 fully saturated rings. The van der Waals surface area contributed by atoms with E-state index in [1.807, 2.05) is 18.2 Å². The van der Waals surface area contributed by atoms with Crippen LogP contribution in [0.4, 0.5) is 10.1 Å². The predicted molar refractivity (Wildman–Crippen MR) is 108 cm³/mol. The molecule has 0 radical (unpaired) electrons. The monoisotopic (exact) mass is 404 g/mol. The summed E-state index contributed by atoms with van der Waals surface area (Å²) in [5.74, 6) is -0.813. The molecule has 0 saturated heterocycles. The molecule has 0 aliphatic heterocycles. The second-order valence-electron chi connectivity index (χ2n) is 7.11. The first-order valence-corrected chi connectivity index (χ1v) is 11.3. The van der Waals surface area contributed by atoms with Gasteiger partial charge in [-0.15, -0.1) is 0 Å². The molecule has 5 nitrogen and oxygen atoms in total. The fraction of sp³-hybridized carbons (Fsp3) is 0.381. The van der Waals surface area contributed by atoms with Crippen molar-refractivity contribution >= 4 is 21.6 Å². The minimum absolute atomic E-state index is 0.138. The lowest BCUT2D eigenvalue weighted by molar-refractivity contribution is -0.123. The van der Waals surface area contributed by atoms with Gasteiger partial charge in [-0.3, -0.25) is 9.10 Å². The Balaban J connectivity index is 1.88. The second kappa shape index (κ2) is 8.31. The first-order chi connectivity index (χ1) is 13.3. The summed E-state index contributed by atoms with van der Waals surface area (Å²) in [6, 6.07) is 12.1. The zero-order valence-corrected chi connectivity index (χ0v) is 16.9. The van der Waals surface area contributed by atoms with Crippen LogP contribution in [0.25, 0.3) is 0 Å². The molecule has 0 bridgehead atoms. The van der Waals surface area contributed by atoms with Crippen LogP contribution in [-0.2, 0) is 21.2 Å². The minimum Gasteiger partial charge on any atom is -0.347 e. The van der Waals surface area contributed by atoms with Crippen molar-refractivity contribution < 1.29 is 17.6 Å². The highest BCUT2D eigenvalue weighted by molar-refractivity contribution is 7.92. The number of aryl methyl sites for hydroxylation is 1. The van der Waals surface area contributed by atoms with Gasteiger partial charge in [0.25, 0.3) is 0 Å². The number of hydrogen-bond acceptors (Lipinski definition) is 3. The highest BCUT2D eigenvalue weighted by Gasteiger charge is 2.33. The zero-order chi connectivity index (χ0) is 20.3. The summed E-state index contributed by atoms with van der Waals surface area (Å²) in [6.07, 6.45) is 4.11. The number of benzene rings is 2. The molecular weight excluding hydrogens is 379 g/mol. The number of carbonyl (C=O) groups excluding carboxylic acids is 1. The van der Waals surface area contributed by atoms with Crippen LogP contribution in [0.1, 0.15) is 43.4 Å². The summed E-state index contributed by atoms with van der Waals surface area (Å²) < 4.78 is 39.3. The number of rotatable bonds is 6. The quantitative estimate of drug-likeness (QED) is 0.801. The second-order valence-corrected chi connectivity index (χ2v) is 8.97. The standard InChI is InChI=1S/C21H25FN2O3S/c1-3-20(24(28(2,26)27)17-13-11-16(22)12-14-17)21(25)23-19-10-6-8-15-7-4-5-9-18(15)19/h4-5,7,9,11-14,19-20H,3,6,8,10H2,1-2H3,(H,23,25)/t19-,20-/m0/s1. The number of amides is 1. The molecule has 1 amide bonds. The third kappa shape index (κ3) is 4.35. The minimum atomic E-state index is -3.74. The van der Waals surface area contributed by atoms with E-state index in [2.05, 4.69) is 11.4 Å². The lowest BCUT2D eigenvalue weighted by atomic mass is 9.87. The molecule has 2 atom stereocenters. The predicted octanol–water partition coefficient (Wildman–Crippen LogP) is 3.56.